The van der Waals surface area contributed by atoms with Crippen molar-refractivity contribution in [1.82, 2.24) is 4.40 Å². The zero-order valence-electron chi connectivity index (χ0n) is 16.6. The van der Waals surface area contributed by atoms with Gasteiger partial charge in [-0.25, -0.2) is 0 Å². The summed E-state index contributed by atoms with van der Waals surface area (Å²) < 4.78 is 7.20. The fourth-order valence-corrected chi connectivity index (χ4v) is 3.86. The highest BCUT2D eigenvalue weighted by molar-refractivity contribution is 6.49. The second-order valence-corrected chi connectivity index (χ2v) is 7.55. The van der Waals surface area contributed by atoms with Crippen molar-refractivity contribution in [3.8, 4) is 16.9 Å². The summed E-state index contributed by atoms with van der Waals surface area (Å²) in [6, 6.07) is 19.6. The van der Waals surface area contributed by atoms with Gasteiger partial charge in [0.2, 0.25) is 0 Å². The molecule has 0 radical (unpaired) electrons. The second-order valence-electron chi connectivity index (χ2n) is 6.74. The largest absolute Gasteiger partial charge is 0.494 e. The summed E-state index contributed by atoms with van der Waals surface area (Å²) in [6.45, 7) is 2.47. The maximum absolute atomic E-state index is 13.3. The van der Waals surface area contributed by atoms with Crippen LogP contribution >= 0.6 is 23.2 Å². The number of para-hydroxylation sites is 1. The molecule has 31 heavy (non-hydrogen) atoms. The first-order valence-corrected chi connectivity index (χ1v) is 10.4. The minimum atomic E-state index is -0.828. The minimum absolute atomic E-state index is 0.202. The smallest absolute Gasteiger partial charge is 0.298 e. The molecular weight excluding hydrogens is 435 g/mol. The van der Waals surface area contributed by atoms with E-state index in [2.05, 4.69) is 5.32 Å². The van der Waals surface area contributed by atoms with E-state index in [0.717, 1.165) is 16.8 Å². The molecule has 0 aliphatic rings. The number of rotatable bonds is 6. The molecule has 0 spiro atoms. The number of Topliss-reactive ketones (excluding diaryl/α,β-unsaturated/α-hetero) is 1. The Morgan fingerprint density at radius 3 is 2.35 bits per heavy atom. The molecule has 0 saturated carbocycles. The van der Waals surface area contributed by atoms with Crippen molar-refractivity contribution in [2.45, 2.75) is 6.92 Å². The van der Waals surface area contributed by atoms with Crippen LogP contribution in [0, 0.1) is 0 Å². The highest BCUT2D eigenvalue weighted by Gasteiger charge is 2.26. The number of nitrogens with zero attached hydrogens (tertiary/aromatic N) is 1. The molecule has 0 saturated heterocycles. The molecular formula is C24H18Cl2N2O3. The van der Waals surface area contributed by atoms with E-state index in [9.17, 15) is 9.59 Å². The van der Waals surface area contributed by atoms with E-state index >= 15 is 0 Å². The number of pyridine rings is 1. The number of anilines is 1. The van der Waals surface area contributed by atoms with Crippen LogP contribution in [0.1, 0.15) is 17.4 Å². The number of nitrogens with one attached hydrogen (secondary N) is 1. The first kappa shape index (κ1) is 21.0. The van der Waals surface area contributed by atoms with Crippen LogP contribution in [0.15, 0.2) is 72.9 Å². The summed E-state index contributed by atoms with van der Waals surface area (Å²) in [4.78, 5) is 26.1. The van der Waals surface area contributed by atoms with Gasteiger partial charge in [-0.05, 0) is 55.0 Å². The molecule has 0 aliphatic carbocycles. The van der Waals surface area contributed by atoms with E-state index in [1.54, 1.807) is 34.9 Å². The van der Waals surface area contributed by atoms with E-state index in [0.29, 0.717) is 12.2 Å². The fraction of sp³-hybridized carbons (Fsp3) is 0.0833. The van der Waals surface area contributed by atoms with Crippen LogP contribution in [0.3, 0.4) is 0 Å². The standard InChI is InChI=1S/C24H18Cl2N2O3/c1-2-31-17-11-9-15(10-12-17)18-14-16-6-3-4-13-28(16)22(18)23(29)24(30)27-21-19(25)7-5-8-20(21)26/h3-14H,2H2,1H3,(H,27,30). The van der Waals surface area contributed by atoms with Gasteiger partial charge in [0.25, 0.3) is 11.7 Å². The van der Waals surface area contributed by atoms with Crippen LogP contribution in [0.25, 0.3) is 16.6 Å². The fourth-order valence-electron chi connectivity index (χ4n) is 3.37. The number of ketones is 1. The monoisotopic (exact) mass is 452 g/mol. The highest BCUT2D eigenvalue weighted by Crippen LogP contribution is 2.32. The Hall–Kier alpha value is -3.28. The van der Waals surface area contributed by atoms with Gasteiger partial charge in [-0.15, -0.1) is 0 Å². The van der Waals surface area contributed by atoms with Gasteiger partial charge in [0, 0.05) is 17.3 Å². The number of aromatic nitrogens is 1. The summed E-state index contributed by atoms with van der Waals surface area (Å²) in [5.74, 6) is -0.800. The van der Waals surface area contributed by atoms with Crippen molar-refractivity contribution in [2.24, 2.45) is 0 Å². The van der Waals surface area contributed by atoms with Crippen molar-refractivity contribution in [1.29, 1.82) is 0 Å². The first-order valence-electron chi connectivity index (χ1n) is 9.62. The molecule has 156 valence electrons. The summed E-state index contributed by atoms with van der Waals surface area (Å²) in [7, 11) is 0. The molecule has 0 aliphatic heterocycles. The third kappa shape index (κ3) is 4.15. The number of hydrogen-bond acceptors (Lipinski definition) is 3. The summed E-state index contributed by atoms with van der Waals surface area (Å²) in [6.07, 6.45) is 1.75. The number of carbonyl (C=O) groups is 2. The van der Waals surface area contributed by atoms with E-state index in [-0.39, 0.29) is 21.4 Å². The lowest BCUT2D eigenvalue weighted by molar-refractivity contribution is -0.112. The Balaban J connectivity index is 1.76. The highest BCUT2D eigenvalue weighted by atomic mass is 35.5. The summed E-state index contributed by atoms with van der Waals surface area (Å²) >= 11 is 12.3. The van der Waals surface area contributed by atoms with Crippen molar-refractivity contribution < 1.29 is 14.3 Å². The van der Waals surface area contributed by atoms with Crippen molar-refractivity contribution in [3.63, 3.8) is 0 Å². The average molecular weight is 453 g/mol. The molecule has 7 heteroatoms. The van der Waals surface area contributed by atoms with Crippen LogP contribution in [0.4, 0.5) is 5.69 Å². The summed E-state index contributed by atoms with van der Waals surface area (Å²) in [5.41, 5.74) is 2.67. The average Bonchev–Trinajstić information content (AvgIpc) is 3.16. The lowest BCUT2D eigenvalue weighted by Gasteiger charge is -2.10. The number of carbonyl (C=O) groups excluding carboxylic acids is 2. The predicted octanol–water partition coefficient (Wildman–Crippen LogP) is 6.13. The third-order valence-corrected chi connectivity index (χ3v) is 5.41. The summed E-state index contributed by atoms with van der Waals surface area (Å²) in [5, 5.41) is 3.05. The van der Waals surface area contributed by atoms with Crippen LogP contribution in [0.5, 0.6) is 5.75 Å². The predicted molar refractivity (Wildman–Crippen MR) is 123 cm³/mol. The Bertz CT molecular complexity index is 1260. The molecule has 2 heterocycles. The number of hydrogen-bond donors (Lipinski definition) is 1. The van der Waals surface area contributed by atoms with E-state index in [4.69, 9.17) is 27.9 Å². The third-order valence-electron chi connectivity index (χ3n) is 4.78. The number of amides is 1. The topological polar surface area (TPSA) is 59.8 Å². The Morgan fingerprint density at radius 1 is 0.968 bits per heavy atom. The molecule has 0 bridgehead atoms. The van der Waals surface area contributed by atoms with Crippen molar-refractivity contribution in [3.05, 3.63) is 88.7 Å². The van der Waals surface area contributed by atoms with Gasteiger partial charge in [0.05, 0.1) is 22.3 Å². The lowest BCUT2D eigenvalue weighted by Crippen LogP contribution is -2.25. The van der Waals surface area contributed by atoms with Crippen molar-refractivity contribution in [2.75, 3.05) is 11.9 Å². The second kappa shape index (κ2) is 8.84. The molecule has 0 atom stereocenters. The van der Waals surface area contributed by atoms with Crippen LogP contribution in [0.2, 0.25) is 10.0 Å². The zero-order chi connectivity index (χ0) is 22.0. The SMILES string of the molecule is CCOc1ccc(-c2cc3ccccn3c2C(=O)C(=O)Nc2c(Cl)cccc2Cl)cc1. The zero-order valence-corrected chi connectivity index (χ0v) is 18.1. The van der Waals surface area contributed by atoms with Gasteiger partial charge in [0.15, 0.2) is 0 Å². The normalized spacial score (nSPS) is 10.8. The van der Waals surface area contributed by atoms with E-state index < -0.39 is 11.7 Å². The molecule has 2 aromatic carbocycles. The van der Waals surface area contributed by atoms with Gasteiger partial charge < -0.3 is 14.5 Å². The Kier molecular flexibility index (Phi) is 5.98. The number of fused-ring (bicyclic) bond motifs is 1. The Morgan fingerprint density at radius 2 is 1.68 bits per heavy atom. The molecule has 4 rings (SSSR count). The van der Waals surface area contributed by atoms with Crippen molar-refractivity contribution >= 4 is 46.1 Å². The number of benzene rings is 2. The maximum Gasteiger partial charge on any atom is 0.298 e. The van der Waals surface area contributed by atoms with Crippen LogP contribution in [-0.2, 0) is 4.79 Å². The van der Waals surface area contributed by atoms with Crippen LogP contribution < -0.4 is 10.1 Å². The number of halogens is 2. The lowest BCUT2D eigenvalue weighted by atomic mass is 10.0. The molecule has 0 unspecified atom stereocenters. The molecule has 0 fully saturated rings. The quantitative estimate of drug-likeness (QED) is 0.282. The minimum Gasteiger partial charge on any atom is -0.494 e. The van der Waals surface area contributed by atoms with Gasteiger partial charge in [-0.3, -0.25) is 9.59 Å². The van der Waals surface area contributed by atoms with E-state index in [1.165, 1.54) is 0 Å². The van der Waals surface area contributed by atoms with Gasteiger partial charge in [0.1, 0.15) is 11.4 Å². The Labute approximate surface area is 189 Å². The van der Waals surface area contributed by atoms with Crippen LogP contribution in [-0.4, -0.2) is 22.7 Å². The van der Waals surface area contributed by atoms with Gasteiger partial charge >= 0.3 is 0 Å². The molecule has 1 N–H and O–H groups in total. The molecule has 4 aromatic rings. The number of ether oxygens (including phenoxy) is 1. The van der Waals surface area contributed by atoms with Gasteiger partial charge in [-0.2, -0.15) is 0 Å². The van der Waals surface area contributed by atoms with Gasteiger partial charge in [-0.1, -0.05) is 47.5 Å². The molecule has 2 aromatic heterocycles. The first-order chi connectivity index (χ1) is 15.0. The molecule has 1 amide bonds. The maximum atomic E-state index is 13.3. The van der Waals surface area contributed by atoms with E-state index in [1.807, 2.05) is 49.4 Å². The molecule has 5 nitrogen and oxygen atoms in total.